The fraction of sp³-hybridized carbons (Fsp3) is 0.647. The largest absolute Gasteiger partial charge is 0.324 e. The van der Waals surface area contributed by atoms with Crippen molar-refractivity contribution in [2.24, 2.45) is 11.1 Å². The van der Waals surface area contributed by atoms with Gasteiger partial charge in [0, 0.05) is 10.5 Å². The summed E-state index contributed by atoms with van der Waals surface area (Å²) in [4.78, 5) is 2.59. The fourth-order valence-electron chi connectivity index (χ4n) is 2.93. The van der Waals surface area contributed by atoms with Gasteiger partial charge in [-0.15, -0.1) is 0 Å². The Morgan fingerprint density at radius 1 is 1.30 bits per heavy atom. The van der Waals surface area contributed by atoms with Gasteiger partial charge in [-0.2, -0.15) is 0 Å². The van der Waals surface area contributed by atoms with Crippen LogP contribution in [0.3, 0.4) is 0 Å². The van der Waals surface area contributed by atoms with Crippen LogP contribution in [0.5, 0.6) is 0 Å². The summed E-state index contributed by atoms with van der Waals surface area (Å²) in [7, 11) is 0. The maximum Gasteiger partial charge on any atom is 0.0307 e. The summed E-state index contributed by atoms with van der Waals surface area (Å²) >= 11 is 3.51. The third-order valence-electron chi connectivity index (χ3n) is 4.47. The van der Waals surface area contributed by atoms with Crippen LogP contribution in [-0.2, 0) is 0 Å². The highest BCUT2D eigenvalue weighted by atomic mass is 79.9. The summed E-state index contributed by atoms with van der Waals surface area (Å²) in [5.74, 6) is 0. The van der Waals surface area contributed by atoms with Crippen LogP contribution in [0.15, 0.2) is 28.7 Å². The number of likely N-dealkylation sites (tertiary alicyclic amines) is 1. The Kier molecular flexibility index (Phi) is 5.65. The molecule has 0 aromatic heterocycles. The van der Waals surface area contributed by atoms with E-state index in [-0.39, 0.29) is 6.04 Å². The van der Waals surface area contributed by atoms with E-state index in [4.69, 9.17) is 5.73 Å². The highest BCUT2D eigenvalue weighted by molar-refractivity contribution is 9.10. The van der Waals surface area contributed by atoms with Gasteiger partial charge in [0.2, 0.25) is 0 Å². The predicted molar refractivity (Wildman–Crippen MR) is 89.8 cm³/mol. The molecule has 0 bridgehead atoms. The topological polar surface area (TPSA) is 29.3 Å². The van der Waals surface area contributed by atoms with Crippen LogP contribution < -0.4 is 5.73 Å². The first kappa shape index (κ1) is 16.0. The highest BCUT2D eigenvalue weighted by Crippen LogP contribution is 2.30. The van der Waals surface area contributed by atoms with Gasteiger partial charge in [-0.3, -0.25) is 0 Å². The molecule has 0 saturated carbocycles. The summed E-state index contributed by atoms with van der Waals surface area (Å²) in [6.07, 6.45) is 5.01. The standard InChI is InChI=1S/C17H27BrN2/c1-17(2)8-4-10-20(12-9-17)11-7-16(19)14-5-3-6-15(18)13-14/h3,5-6,13,16H,4,7-12,19H2,1-2H3. The van der Waals surface area contributed by atoms with Crippen molar-refractivity contribution in [2.45, 2.75) is 45.6 Å². The van der Waals surface area contributed by atoms with Gasteiger partial charge in [0.15, 0.2) is 0 Å². The zero-order chi connectivity index (χ0) is 14.6. The van der Waals surface area contributed by atoms with Gasteiger partial charge >= 0.3 is 0 Å². The van der Waals surface area contributed by atoms with Gasteiger partial charge in [0.25, 0.3) is 0 Å². The number of nitrogens with zero attached hydrogens (tertiary/aromatic N) is 1. The van der Waals surface area contributed by atoms with Crippen LogP contribution in [0, 0.1) is 5.41 Å². The minimum atomic E-state index is 0.142. The summed E-state index contributed by atoms with van der Waals surface area (Å²) in [5, 5.41) is 0. The van der Waals surface area contributed by atoms with E-state index in [1.54, 1.807) is 0 Å². The van der Waals surface area contributed by atoms with E-state index in [9.17, 15) is 0 Å². The number of hydrogen-bond acceptors (Lipinski definition) is 2. The normalized spacial score (nSPS) is 21.4. The Morgan fingerprint density at radius 3 is 2.85 bits per heavy atom. The Hall–Kier alpha value is -0.380. The van der Waals surface area contributed by atoms with Crippen LogP contribution in [0.25, 0.3) is 0 Å². The summed E-state index contributed by atoms with van der Waals surface area (Å²) in [6.45, 7) is 8.35. The molecule has 1 aliphatic heterocycles. The second-order valence-corrected chi connectivity index (χ2v) is 7.73. The fourth-order valence-corrected chi connectivity index (χ4v) is 3.34. The zero-order valence-corrected chi connectivity index (χ0v) is 14.3. The van der Waals surface area contributed by atoms with Crippen LogP contribution in [0.2, 0.25) is 0 Å². The summed E-state index contributed by atoms with van der Waals surface area (Å²) in [5.41, 5.74) is 8.07. The SMILES string of the molecule is CC1(C)CCCN(CCC(N)c2cccc(Br)c2)CC1. The summed E-state index contributed by atoms with van der Waals surface area (Å²) < 4.78 is 1.11. The molecule has 1 atom stereocenters. The molecule has 2 nitrogen and oxygen atoms in total. The molecule has 112 valence electrons. The zero-order valence-electron chi connectivity index (χ0n) is 12.7. The maximum absolute atomic E-state index is 6.33. The summed E-state index contributed by atoms with van der Waals surface area (Å²) in [6, 6.07) is 8.52. The lowest BCUT2D eigenvalue weighted by Gasteiger charge is -2.24. The first-order chi connectivity index (χ1) is 9.46. The van der Waals surface area contributed by atoms with Crippen molar-refractivity contribution in [1.29, 1.82) is 0 Å². The monoisotopic (exact) mass is 338 g/mol. The van der Waals surface area contributed by atoms with Crippen molar-refractivity contribution < 1.29 is 0 Å². The molecule has 1 saturated heterocycles. The van der Waals surface area contributed by atoms with Crippen molar-refractivity contribution in [3.05, 3.63) is 34.3 Å². The van der Waals surface area contributed by atoms with E-state index in [1.807, 2.05) is 6.07 Å². The lowest BCUT2D eigenvalue weighted by molar-refractivity contribution is 0.254. The number of rotatable bonds is 4. The number of nitrogens with two attached hydrogens (primary N) is 1. The lowest BCUT2D eigenvalue weighted by Crippen LogP contribution is -2.29. The number of halogens is 1. The number of hydrogen-bond donors (Lipinski definition) is 1. The molecular weight excluding hydrogens is 312 g/mol. The van der Waals surface area contributed by atoms with Gasteiger partial charge in [0.1, 0.15) is 0 Å². The molecule has 3 heteroatoms. The smallest absolute Gasteiger partial charge is 0.0307 e. The maximum atomic E-state index is 6.33. The van der Waals surface area contributed by atoms with Gasteiger partial charge < -0.3 is 10.6 Å². The van der Waals surface area contributed by atoms with E-state index in [1.165, 1.54) is 37.9 Å². The Bertz CT molecular complexity index is 431. The molecule has 0 radical (unpaired) electrons. The first-order valence-electron chi connectivity index (χ1n) is 7.70. The molecule has 2 N–H and O–H groups in total. The molecule has 1 aromatic rings. The second-order valence-electron chi connectivity index (χ2n) is 6.81. The van der Waals surface area contributed by atoms with Crippen molar-refractivity contribution in [3.8, 4) is 0 Å². The van der Waals surface area contributed by atoms with E-state index in [2.05, 4.69) is 52.9 Å². The molecule has 1 aromatic carbocycles. The van der Waals surface area contributed by atoms with Gasteiger partial charge in [0.05, 0.1) is 0 Å². The van der Waals surface area contributed by atoms with Crippen LogP contribution in [0.1, 0.15) is 51.1 Å². The molecule has 1 aliphatic rings. The molecular formula is C17H27BrN2. The second kappa shape index (κ2) is 7.06. The first-order valence-corrected chi connectivity index (χ1v) is 8.49. The minimum absolute atomic E-state index is 0.142. The van der Waals surface area contributed by atoms with Crippen molar-refractivity contribution in [1.82, 2.24) is 4.90 Å². The van der Waals surface area contributed by atoms with Crippen molar-refractivity contribution in [2.75, 3.05) is 19.6 Å². The predicted octanol–water partition coefficient (Wildman–Crippen LogP) is 4.35. The van der Waals surface area contributed by atoms with Crippen molar-refractivity contribution >= 4 is 15.9 Å². The van der Waals surface area contributed by atoms with E-state index in [0.717, 1.165) is 17.4 Å². The van der Waals surface area contributed by atoms with Gasteiger partial charge in [-0.25, -0.2) is 0 Å². The van der Waals surface area contributed by atoms with Gasteiger partial charge in [-0.1, -0.05) is 41.9 Å². The molecule has 1 unspecified atom stereocenters. The van der Waals surface area contributed by atoms with Crippen LogP contribution in [-0.4, -0.2) is 24.5 Å². The molecule has 1 heterocycles. The van der Waals surface area contributed by atoms with E-state index in [0.29, 0.717) is 5.41 Å². The number of benzene rings is 1. The van der Waals surface area contributed by atoms with Crippen LogP contribution >= 0.6 is 15.9 Å². The molecule has 0 spiro atoms. The van der Waals surface area contributed by atoms with Crippen molar-refractivity contribution in [3.63, 3.8) is 0 Å². The minimum Gasteiger partial charge on any atom is -0.324 e. The molecule has 0 aliphatic carbocycles. The lowest BCUT2D eigenvalue weighted by atomic mass is 9.85. The molecule has 0 amide bonds. The Morgan fingerprint density at radius 2 is 2.10 bits per heavy atom. The van der Waals surface area contributed by atoms with Crippen LogP contribution in [0.4, 0.5) is 0 Å². The average molecular weight is 339 g/mol. The molecule has 20 heavy (non-hydrogen) atoms. The third-order valence-corrected chi connectivity index (χ3v) is 4.96. The van der Waals surface area contributed by atoms with E-state index < -0.39 is 0 Å². The molecule has 2 rings (SSSR count). The quantitative estimate of drug-likeness (QED) is 0.884. The third kappa shape index (κ3) is 4.87. The Balaban J connectivity index is 1.83. The Labute approximate surface area is 131 Å². The van der Waals surface area contributed by atoms with Gasteiger partial charge in [-0.05, 0) is 68.4 Å². The highest BCUT2D eigenvalue weighted by Gasteiger charge is 2.23. The molecule has 1 fully saturated rings. The average Bonchev–Trinajstić information content (AvgIpc) is 2.57. The van der Waals surface area contributed by atoms with E-state index >= 15 is 0 Å².